The first kappa shape index (κ1) is 18.9. The number of Topliss-reactive ketones (excluding diaryl/α,β-unsaturated/α-hetero) is 1. The molecule has 1 aromatic rings. The highest BCUT2D eigenvalue weighted by Crippen LogP contribution is 2.42. The first-order valence-corrected chi connectivity index (χ1v) is 9.70. The summed E-state index contributed by atoms with van der Waals surface area (Å²) in [6, 6.07) is 3.61. The molecule has 2 N–H and O–H groups in total. The van der Waals surface area contributed by atoms with Crippen molar-refractivity contribution < 1.29 is 9.90 Å². The molecule has 0 amide bonds. The maximum absolute atomic E-state index is 13.0. The largest absolute Gasteiger partial charge is 0.382 e. The summed E-state index contributed by atoms with van der Waals surface area (Å²) in [4.78, 5) is 13.0. The fourth-order valence-corrected chi connectivity index (χ4v) is 5.06. The lowest BCUT2D eigenvalue weighted by Gasteiger charge is -2.47. The summed E-state index contributed by atoms with van der Waals surface area (Å²) in [5, 5.41) is 15.8. The lowest BCUT2D eigenvalue weighted by Crippen LogP contribution is -2.59. The monoisotopic (exact) mass is 381 g/mol. The van der Waals surface area contributed by atoms with Gasteiger partial charge in [-0.15, -0.1) is 0 Å². The Bertz CT molecular complexity index is 680. The van der Waals surface area contributed by atoms with Crippen molar-refractivity contribution in [1.29, 1.82) is 0 Å². The number of aliphatic hydroxyl groups is 1. The zero-order valence-corrected chi connectivity index (χ0v) is 16.1. The standard InChI is InChI=1S/C20H25Cl2NO2/c1-12-7-8-20(25,16-4-3-9-23-19(12)16)18(24)6-5-15-13(2)10-14(21)11-17(15)22/h10-11,16,19,23,25H,1,3-9H2,2H3. The second-order valence-electron chi connectivity index (χ2n) is 7.37. The van der Waals surface area contributed by atoms with Crippen LogP contribution >= 0.6 is 23.2 Å². The van der Waals surface area contributed by atoms with Crippen LogP contribution in [0.3, 0.4) is 0 Å². The van der Waals surface area contributed by atoms with Crippen molar-refractivity contribution in [3.05, 3.63) is 45.5 Å². The Labute approximate surface area is 159 Å². The molecule has 1 saturated carbocycles. The van der Waals surface area contributed by atoms with Crippen LogP contribution in [0.2, 0.25) is 10.0 Å². The van der Waals surface area contributed by atoms with Gasteiger partial charge in [-0.05, 0) is 68.8 Å². The number of piperidine rings is 1. The van der Waals surface area contributed by atoms with Crippen LogP contribution in [0, 0.1) is 12.8 Å². The van der Waals surface area contributed by atoms with E-state index >= 15 is 0 Å². The Morgan fingerprint density at radius 2 is 2.20 bits per heavy atom. The smallest absolute Gasteiger partial charge is 0.165 e. The minimum Gasteiger partial charge on any atom is -0.382 e. The quantitative estimate of drug-likeness (QED) is 0.766. The molecular formula is C20H25Cl2NO2. The molecule has 0 spiro atoms. The summed E-state index contributed by atoms with van der Waals surface area (Å²) in [7, 11) is 0. The van der Waals surface area contributed by atoms with Crippen LogP contribution in [-0.2, 0) is 11.2 Å². The molecule has 3 atom stereocenters. The highest BCUT2D eigenvalue weighted by atomic mass is 35.5. The predicted octanol–water partition coefficient (Wildman–Crippen LogP) is 4.25. The highest BCUT2D eigenvalue weighted by molar-refractivity contribution is 6.35. The molecule has 1 aromatic carbocycles. The average molecular weight is 382 g/mol. The molecule has 3 rings (SSSR count). The molecule has 0 aromatic heterocycles. The van der Waals surface area contributed by atoms with Gasteiger partial charge in [0.2, 0.25) is 0 Å². The van der Waals surface area contributed by atoms with E-state index in [0.29, 0.717) is 29.3 Å². The fraction of sp³-hybridized carbons (Fsp3) is 0.550. The molecule has 2 fully saturated rings. The Balaban J connectivity index is 1.75. The van der Waals surface area contributed by atoms with Crippen LogP contribution in [0.4, 0.5) is 0 Å². The van der Waals surface area contributed by atoms with E-state index in [1.165, 1.54) is 0 Å². The molecule has 2 aliphatic rings. The van der Waals surface area contributed by atoms with Gasteiger partial charge in [0.15, 0.2) is 5.78 Å². The molecule has 1 aliphatic heterocycles. The Kier molecular flexibility index (Phi) is 5.60. The number of hydrogen-bond acceptors (Lipinski definition) is 3. The van der Waals surface area contributed by atoms with Crippen molar-refractivity contribution in [3.8, 4) is 0 Å². The number of carbonyl (C=O) groups is 1. The molecule has 1 saturated heterocycles. The molecule has 5 heteroatoms. The van der Waals surface area contributed by atoms with Gasteiger partial charge in [0.25, 0.3) is 0 Å². The maximum atomic E-state index is 13.0. The molecule has 25 heavy (non-hydrogen) atoms. The molecule has 0 radical (unpaired) electrons. The number of halogens is 2. The van der Waals surface area contributed by atoms with Gasteiger partial charge in [-0.25, -0.2) is 0 Å². The minimum atomic E-state index is -1.26. The van der Waals surface area contributed by atoms with E-state index in [9.17, 15) is 9.90 Å². The Morgan fingerprint density at radius 3 is 2.92 bits per heavy atom. The molecule has 3 unspecified atom stereocenters. The Hall–Kier alpha value is -0.870. The number of aryl methyl sites for hydroxylation is 1. The second-order valence-corrected chi connectivity index (χ2v) is 8.21. The van der Waals surface area contributed by atoms with Gasteiger partial charge in [0, 0.05) is 28.4 Å². The lowest BCUT2D eigenvalue weighted by molar-refractivity contribution is -0.149. The third kappa shape index (κ3) is 3.66. The number of carbonyl (C=O) groups excluding carboxylic acids is 1. The van der Waals surface area contributed by atoms with Gasteiger partial charge in [-0.3, -0.25) is 4.79 Å². The van der Waals surface area contributed by atoms with Crippen molar-refractivity contribution in [2.75, 3.05) is 6.54 Å². The SMILES string of the molecule is C=C1CCC(O)(C(=O)CCc2c(C)cc(Cl)cc2Cl)C2CCCNC12. The number of rotatable bonds is 4. The van der Waals surface area contributed by atoms with Crippen LogP contribution in [0.15, 0.2) is 24.3 Å². The number of benzene rings is 1. The fourth-order valence-electron chi connectivity index (χ4n) is 4.37. The molecule has 136 valence electrons. The van der Waals surface area contributed by atoms with Crippen molar-refractivity contribution in [2.24, 2.45) is 5.92 Å². The van der Waals surface area contributed by atoms with Crippen LogP contribution in [0.1, 0.15) is 43.2 Å². The lowest BCUT2D eigenvalue weighted by atomic mass is 9.65. The van der Waals surface area contributed by atoms with E-state index in [2.05, 4.69) is 11.9 Å². The molecule has 1 aliphatic carbocycles. The van der Waals surface area contributed by atoms with Gasteiger partial charge in [-0.2, -0.15) is 0 Å². The number of ketones is 1. The summed E-state index contributed by atoms with van der Waals surface area (Å²) < 4.78 is 0. The Morgan fingerprint density at radius 1 is 1.44 bits per heavy atom. The van der Waals surface area contributed by atoms with Crippen LogP contribution in [-0.4, -0.2) is 29.1 Å². The summed E-state index contributed by atoms with van der Waals surface area (Å²) in [6.07, 6.45) is 3.81. The van der Waals surface area contributed by atoms with Crippen molar-refractivity contribution in [1.82, 2.24) is 5.32 Å². The van der Waals surface area contributed by atoms with Crippen molar-refractivity contribution in [2.45, 2.75) is 57.1 Å². The molecule has 1 heterocycles. The second kappa shape index (κ2) is 7.40. The van der Waals surface area contributed by atoms with Crippen molar-refractivity contribution in [3.63, 3.8) is 0 Å². The third-order valence-corrected chi connectivity index (χ3v) is 6.36. The zero-order valence-electron chi connectivity index (χ0n) is 14.6. The van der Waals surface area contributed by atoms with Gasteiger partial charge < -0.3 is 10.4 Å². The molecule has 3 nitrogen and oxygen atoms in total. The average Bonchev–Trinajstić information content (AvgIpc) is 2.57. The van der Waals surface area contributed by atoms with Gasteiger partial charge in [0.1, 0.15) is 5.60 Å². The third-order valence-electron chi connectivity index (χ3n) is 5.81. The minimum absolute atomic E-state index is 0.0531. The highest BCUT2D eigenvalue weighted by Gasteiger charge is 2.50. The normalized spacial score (nSPS) is 29.4. The topological polar surface area (TPSA) is 49.3 Å². The van der Waals surface area contributed by atoms with E-state index in [-0.39, 0.29) is 24.2 Å². The summed E-state index contributed by atoms with van der Waals surface area (Å²) in [5.41, 5.74) is 1.76. The first-order valence-electron chi connectivity index (χ1n) is 8.94. The van der Waals surface area contributed by atoms with Crippen molar-refractivity contribution >= 4 is 29.0 Å². The molecular weight excluding hydrogens is 357 g/mol. The summed E-state index contributed by atoms with van der Waals surface area (Å²) in [6.45, 7) is 7.00. The summed E-state index contributed by atoms with van der Waals surface area (Å²) in [5.74, 6) is -0.152. The summed E-state index contributed by atoms with van der Waals surface area (Å²) >= 11 is 12.3. The molecule has 0 bridgehead atoms. The van der Waals surface area contributed by atoms with Crippen LogP contribution in [0.25, 0.3) is 0 Å². The zero-order chi connectivity index (χ0) is 18.2. The predicted molar refractivity (Wildman–Crippen MR) is 102 cm³/mol. The number of hydrogen-bond donors (Lipinski definition) is 2. The van der Waals surface area contributed by atoms with Crippen LogP contribution < -0.4 is 5.32 Å². The maximum Gasteiger partial charge on any atom is 0.165 e. The van der Waals surface area contributed by atoms with Gasteiger partial charge in [0.05, 0.1) is 0 Å². The van der Waals surface area contributed by atoms with E-state index in [1.54, 1.807) is 6.07 Å². The van der Waals surface area contributed by atoms with Gasteiger partial charge >= 0.3 is 0 Å². The van der Waals surface area contributed by atoms with E-state index in [1.807, 2.05) is 13.0 Å². The van der Waals surface area contributed by atoms with Crippen LogP contribution in [0.5, 0.6) is 0 Å². The first-order chi connectivity index (χ1) is 11.8. The van der Waals surface area contributed by atoms with E-state index in [4.69, 9.17) is 23.2 Å². The number of nitrogens with one attached hydrogen (secondary N) is 1. The number of fused-ring (bicyclic) bond motifs is 1. The van der Waals surface area contributed by atoms with E-state index in [0.717, 1.165) is 36.1 Å². The van der Waals surface area contributed by atoms with Gasteiger partial charge in [-0.1, -0.05) is 35.4 Å². The van der Waals surface area contributed by atoms with E-state index < -0.39 is 5.60 Å².